The molecule has 0 aliphatic rings. The first kappa shape index (κ1) is 14.0. The van der Waals surface area contributed by atoms with Gasteiger partial charge in [-0.1, -0.05) is 0 Å². The Balaban J connectivity index is 3.61. The van der Waals surface area contributed by atoms with Crippen molar-refractivity contribution < 1.29 is 22.4 Å². The Labute approximate surface area is 86.7 Å². The molecule has 0 fully saturated rings. The van der Waals surface area contributed by atoms with E-state index in [4.69, 9.17) is 22.4 Å². The van der Waals surface area contributed by atoms with Crippen LogP contribution in [0.15, 0.2) is 0 Å². The molecule has 0 saturated carbocycles. The van der Waals surface area contributed by atoms with Crippen LogP contribution in [0.1, 0.15) is 13.3 Å². The molecule has 0 radical (unpaired) electrons. The first-order valence-corrected chi connectivity index (χ1v) is 6.25. The smallest absolute Gasteiger partial charge is 0.382 e. The lowest BCUT2D eigenvalue weighted by molar-refractivity contribution is 0.000790. The summed E-state index contributed by atoms with van der Waals surface area (Å²) < 4.78 is 25.8. The summed E-state index contributed by atoms with van der Waals surface area (Å²) in [4.78, 5) is 0. The molecule has 0 heterocycles. The second-order valence-corrected chi connectivity index (χ2v) is 5.02. The van der Waals surface area contributed by atoms with Gasteiger partial charge in [-0.25, -0.2) is 0 Å². The topological polar surface area (TPSA) is 46.2 Å². The Bertz CT molecular complexity index is 121. The zero-order valence-electron chi connectivity index (χ0n) is 9.37. The quantitative estimate of drug-likeness (QED) is 0.428. The standard InChI is InChI=1S/C8H20O5Si/c1-5-12-7-6-8-13-14(9-2,10-3)11-4/h5-8H2,1-4H3. The molecule has 0 spiro atoms. The number of rotatable bonds is 9. The van der Waals surface area contributed by atoms with Gasteiger partial charge in [0.15, 0.2) is 0 Å². The molecule has 86 valence electrons. The normalized spacial score (nSPS) is 12.0. The minimum absolute atomic E-state index is 0.516. The Morgan fingerprint density at radius 1 is 0.929 bits per heavy atom. The van der Waals surface area contributed by atoms with Crippen molar-refractivity contribution in [2.75, 3.05) is 41.2 Å². The third-order valence-corrected chi connectivity index (χ3v) is 3.72. The molecule has 0 N–H and O–H groups in total. The van der Waals surface area contributed by atoms with E-state index in [1.165, 1.54) is 21.3 Å². The lowest BCUT2D eigenvalue weighted by Gasteiger charge is -2.22. The maximum Gasteiger partial charge on any atom is 0.678 e. The highest BCUT2D eigenvalue weighted by Gasteiger charge is 2.41. The molecule has 0 atom stereocenters. The van der Waals surface area contributed by atoms with Crippen LogP contribution >= 0.6 is 0 Å². The van der Waals surface area contributed by atoms with Crippen molar-refractivity contribution in [1.82, 2.24) is 0 Å². The molecular weight excluding hydrogens is 204 g/mol. The molecule has 0 aromatic carbocycles. The maximum absolute atomic E-state index is 5.42. The van der Waals surface area contributed by atoms with E-state index in [2.05, 4.69) is 0 Å². The molecule has 0 saturated heterocycles. The molecule has 0 aliphatic heterocycles. The maximum atomic E-state index is 5.42. The van der Waals surface area contributed by atoms with E-state index in [0.717, 1.165) is 13.0 Å². The molecule has 6 heteroatoms. The predicted molar refractivity (Wildman–Crippen MR) is 53.8 cm³/mol. The Hall–Kier alpha value is 0.0169. The first-order chi connectivity index (χ1) is 6.74. The van der Waals surface area contributed by atoms with Crippen molar-refractivity contribution >= 4 is 9.05 Å². The van der Waals surface area contributed by atoms with Crippen molar-refractivity contribution in [3.63, 3.8) is 0 Å². The summed E-state index contributed by atoms with van der Waals surface area (Å²) in [6, 6.07) is 0. The fraction of sp³-hybridized carbons (Fsp3) is 1.00. The molecule has 5 nitrogen and oxygen atoms in total. The van der Waals surface area contributed by atoms with Crippen LogP contribution in [0.4, 0.5) is 0 Å². The second kappa shape index (κ2) is 8.34. The Morgan fingerprint density at radius 2 is 1.50 bits per heavy atom. The molecule has 14 heavy (non-hydrogen) atoms. The lowest BCUT2D eigenvalue weighted by Crippen LogP contribution is -2.46. The van der Waals surface area contributed by atoms with Gasteiger partial charge in [-0.15, -0.1) is 0 Å². The lowest BCUT2D eigenvalue weighted by atomic mass is 10.5. The van der Waals surface area contributed by atoms with E-state index in [1.54, 1.807) is 0 Å². The molecule has 0 aliphatic carbocycles. The zero-order valence-corrected chi connectivity index (χ0v) is 10.4. The van der Waals surface area contributed by atoms with E-state index in [-0.39, 0.29) is 0 Å². The van der Waals surface area contributed by atoms with Gasteiger partial charge in [0.1, 0.15) is 0 Å². The SMILES string of the molecule is CCOCCCO[Si](OC)(OC)OC. The average molecular weight is 224 g/mol. The van der Waals surface area contributed by atoms with Gasteiger partial charge in [-0.05, 0) is 13.3 Å². The Morgan fingerprint density at radius 3 is 1.93 bits per heavy atom. The number of ether oxygens (including phenoxy) is 1. The van der Waals surface area contributed by atoms with Gasteiger partial charge < -0.3 is 22.4 Å². The van der Waals surface area contributed by atoms with Gasteiger partial charge >= 0.3 is 9.05 Å². The van der Waals surface area contributed by atoms with Crippen LogP contribution in [0.2, 0.25) is 0 Å². The monoisotopic (exact) mass is 224 g/mol. The summed E-state index contributed by atoms with van der Waals surface area (Å²) in [5.41, 5.74) is 0. The summed E-state index contributed by atoms with van der Waals surface area (Å²) >= 11 is 0. The van der Waals surface area contributed by atoms with Crippen LogP contribution in [0.25, 0.3) is 0 Å². The Kier molecular flexibility index (Phi) is 8.35. The van der Waals surface area contributed by atoms with E-state index in [0.29, 0.717) is 13.2 Å². The number of hydrogen-bond acceptors (Lipinski definition) is 5. The third-order valence-electron chi connectivity index (χ3n) is 1.67. The minimum atomic E-state index is -2.83. The van der Waals surface area contributed by atoms with Gasteiger partial charge in [0.05, 0.1) is 0 Å². The molecule has 0 rings (SSSR count). The van der Waals surface area contributed by atoms with Crippen LogP contribution in [0.3, 0.4) is 0 Å². The van der Waals surface area contributed by atoms with E-state index in [1.807, 2.05) is 6.92 Å². The fourth-order valence-corrected chi connectivity index (χ4v) is 2.18. The van der Waals surface area contributed by atoms with Crippen LogP contribution in [0, 0.1) is 0 Å². The van der Waals surface area contributed by atoms with Crippen LogP contribution in [-0.2, 0) is 22.4 Å². The van der Waals surface area contributed by atoms with Gasteiger partial charge in [0.25, 0.3) is 0 Å². The zero-order chi connectivity index (χ0) is 10.9. The molecule has 0 aromatic rings. The number of hydrogen-bond donors (Lipinski definition) is 0. The summed E-state index contributed by atoms with van der Waals surface area (Å²) in [5, 5.41) is 0. The summed E-state index contributed by atoms with van der Waals surface area (Å²) in [6.07, 6.45) is 0.804. The summed E-state index contributed by atoms with van der Waals surface area (Å²) in [5.74, 6) is 0. The summed E-state index contributed by atoms with van der Waals surface area (Å²) in [6.45, 7) is 3.88. The molecule has 0 amide bonds. The van der Waals surface area contributed by atoms with Crippen molar-refractivity contribution in [2.45, 2.75) is 13.3 Å². The highest BCUT2D eigenvalue weighted by atomic mass is 28.4. The van der Waals surface area contributed by atoms with Crippen molar-refractivity contribution in [2.24, 2.45) is 0 Å². The van der Waals surface area contributed by atoms with Crippen molar-refractivity contribution in [1.29, 1.82) is 0 Å². The van der Waals surface area contributed by atoms with E-state index < -0.39 is 9.05 Å². The van der Waals surface area contributed by atoms with Crippen molar-refractivity contribution in [3.05, 3.63) is 0 Å². The average Bonchev–Trinajstić information content (AvgIpc) is 2.24. The predicted octanol–water partition coefficient (Wildman–Crippen LogP) is 0.804. The highest BCUT2D eigenvalue weighted by Crippen LogP contribution is 2.07. The molecule has 0 aromatic heterocycles. The van der Waals surface area contributed by atoms with Crippen molar-refractivity contribution in [3.8, 4) is 0 Å². The van der Waals surface area contributed by atoms with E-state index in [9.17, 15) is 0 Å². The van der Waals surface area contributed by atoms with Crippen LogP contribution in [0.5, 0.6) is 0 Å². The van der Waals surface area contributed by atoms with Crippen LogP contribution < -0.4 is 0 Å². The van der Waals surface area contributed by atoms with E-state index >= 15 is 0 Å². The fourth-order valence-electron chi connectivity index (χ4n) is 0.929. The second-order valence-electron chi connectivity index (χ2n) is 2.51. The third kappa shape index (κ3) is 5.04. The van der Waals surface area contributed by atoms with Gasteiger partial charge in [-0.2, -0.15) is 0 Å². The first-order valence-electron chi connectivity index (χ1n) is 4.61. The molecular formula is C8H20O5Si. The summed E-state index contributed by atoms with van der Waals surface area (Å²) in [7, 11) is 1.71. The largest absolute Gasteiger partial charge is 0.678 e. The molecule has 0 bridgehead atoms. The van der Waals surface area contributed by atoms with Crippen LogP contribution in [-0.4, -0.2) is 50.2 Å². The van der Waals surface area contributed by atoms with Gasteiger partial charge in [0.2, 0.25) is 0 Å². The van der Waals surface area contributed by atoms with Gasteiger partial charge in [-0.3, -0.25) is 0 Å². The minimum Gasteiger partial charge on any atom is -0.382 e. The molecule has 0 unspecified atom stereocenters. The van der Waals surface area contributed by atoms with Gasteiger partial charge in [0, 0.05) is 41.2 Å². The highest BCUT2D eigenvalue weighted by molar-refractivity contribution is 6.53.